The molecule has 0 unspecified atom stereocenters. The molecule has 0 N–H and O–H groups in total. The fraction of sp³-hybridized carbons (Fsp3) is 0.583. The lowest BCUT2D eigenvalue weighted by Crippen LogP contribution is -2.45. The predicted octanol–water partition coefficient (Wildman–Crippen LogP) is -0.416. The van der Waals surface area contributed by atoms with E-state index >= 15 is 0 Å². The van der Waals surface area contributed by atoms with Gasteiger partial charge < -0.3 is 14.6 Å². The van der Waals surface area contributed by atoms with Gasteiger partial charge in [0.1, 0.15) is 6.29 Å². The van der Waals surface area contributed by atoms with Crippen LogP contribution in [-0.4, -0.2) is 54.2 Å². The third-order valence-electron chi connectivity index (χ3n) is 3.18. The summed E-state index contributed by atoms with van der Waals surface area (Å²) in [4.78, 5) is 26.5. The van der Waals surface area contributed by atoms with Crippen molar-refractivity contribution < 1.29 is 4.79 Å². The summed E-state index contributed by atoms with van der Waals surface area (Å²) >= 11 is 0. The third kappa shape index (κ3) is 2.95. The molecule has 0 bridgehead atoms. The lowest BCUT2D eigenvalue weighted by Gasteiger charge is -2.33. The Labute approximate surface area is 106 Å². The quantitative estimate of drug-likeness (QED) is 0.680. The van der Waals surface area contributed by atoms with E-state index in [0.717, 1.165) is 38.2 Å². The van der Waals surface area contributed by atoms with Crippen molar-refractivity contribution in [1.82, 2.24) is 14.7 Å². The lowest BCUT2D eigenvalue weighted by atomic mass is 10.3. The van der Waals surface area contributed by atoms with Crippen LogP contribution in [0.3, 0.4) is 0 Å². The number of carbonyl (C=O) groups is 1. The highest BCUT2D eigenvalue weighted by atomic mass is 16.1. The van der Waals surface area contributed by atoms with E-state index in [0.29, 0.717) is 13.0 Å². The molecule has 0 atom stereocenters. The Hall–Kier alpha value is -1.69. The molecule has 2 heterocycles. The van der Waals surface area contributed by atoms with Gasteiger partial charge in [0, 0.05) is 38.7 Å². The summed E-state index contributed by atoms with van der Waals surface area (Å²) in [5, 5.41) is 4.10. The Balaban J connectivity index is 2.08. The maximum atomic E-state index is 11.8. The minimum Gasteiger partial charge on any atom is -0.368 e. The number of carbonyl (C=O) groups excluding carboxylic acids is 1. The number of anilines is 1. The van der Waals surface area contributed by atoms with Gasteiger partial charge in [-0.2, -0.15) is 5.10 Å². The molecule has 0 amide bonds. The molecule has 0 spiro atoms. The van der Waals surface area contributed by atoms with E-state index in [2.05, 4.69) is 21.9 Å². The zero-order chi connectivity index (χ0) is 13.0. The van der Waals surface area contributed by atoms with Crippen molar-refractivity contribution in [3.05, 3.63) is 22.6 Å². The minimum absolute atomic E-state index is 0.145. The first-order valence-corrected chi connectivity index (χ1v) is 6.15. The summed E-state index contributed by atoms with van der Waals surface area (Å²) in [5.41, 5.74) is 0.726. The van der Waals surface area contributed by atoms with Gasteiger partial charge in [-0.25, -0.2) is 4.68 Å². The van der Waals surface area contributed by atoms with Gasteiger partial charge in [-0.15, -0.1) is 0 Å². The van der Waals surface area contributed by atoms with E-state index in [4.69, 9.17) is 0 Å². The number of hydrogen-bond donors (Lipinski definition) is 0. The van der Waals surface area contributed by atoms with Crippen LogP contribution < -0.4 is 10.5 Å². The van der Waals surface area contributed by atoms with Crippen molar-refractivity contribution in [1.29, 1.82) is 0 Å². The van der Waals surface area contributed by atoms with Crippen LogP contribution in [0, 0.1) is 0 Å². The monoisotopic (exact) mass is 250 g/mol. The van der Waals surface area contributed by atoms with Gasteiger partial charge in [0.15, 0.2) is 0 Å². The highest BCUT2D eigenvalue weighted by Crippen LogP contribution is 2.11. The second-order valence-corrected chi connectivity index (χ2v) is 4.52. The molecule has 2 rings (SSSR count). The average Bonchev–Trinajstić information content (AvgIpc) is 2.38. The lowest BCUT2D eigenvalue weighted by molar-refractivity contribution is -0.108. The highest BCUT2D eigenvalue weighted by Gasteiger charge is 2.15. The maximum Gasteiger partial charge on any atom is 0.268 e. The number of rotatable bonds is 4. The number of hydrogen-bond acceptors (Lipinski definition) is 5. The van der Waals surface area contributed by atoms with Crippen molar-refractivity contribution in [2.45, 2.75) is 13.0 Å². The molecule has 1 aliphatic rings. The molecule has 1 aromatic heterocycles. The molecular weight excluding hydrogens is 232 g/mol. The first-order valence-electron chi connectivity index (χ1n) is 6.15. The molecule has 0 radical (unpaired) electrons. The van der Waals surface area contributed by atoms with E-state index in [-0.39, 0.29) is 5.56 Å². The molecule has 6 nitrogen and oxygen atoms in total. The van der Waals surface area contributed by atoms with Crippen LogP contribution in [0.2, 0.25) is 0 Å². The second-order valence-electron chi connectivity index (χ2n) is 4.52. The van der Waals surface area contributed by atoms with Gasteiger partial charge in [0.05, 0.1) is 18.4 Å². The summed E-state index contributed by atoms with van der Waals surface area (Å²) in [6.45, 7) is 4.17. The standard InChI is InChI=1S/C12H18N4O2/c1-14-4-6-15(7-5-14)11-9-12(18)16(13-10-11)3-2-8-17/h8-10H,2-7H2,1H3. The van der Waals surface area contributed by atoms with Crippen molar-refractivity contribution >= 4 is 12.0 Å². The molecule has 0 aliphatic carbocycles. The van der Waals surface area contributed by atoms with E-state index in [9.17, 15) is 9.59 Å². The Morgan fingerprint density at radius 1 is 1.33 bits per heavy atom. The molecule has 98 valence electrons. The smallest absolute Gasteiger partial charge is 0.268 e. The Kier molecular flexibility index (Phi) is 4.09. The summed E-state index contributed by atoms with van der Waals surface area (Å²) < 4.78 is 1.33. The SMILES string of the molecule is CN1CCN(c2cnn(CCC=O)c(=O)c2)CC1. The molecule has 0 saturated carbocycles. The van der Waals surface area contributed by atoms with Crippen molar-refractivity contribution in [3.8, 4) is 0 Å². The normalized spacial score (nSPS) is 16.8. The first-order chi connectivity index (χ1) is 8.70. The van der Waals surface area contributed by atoms with Gasteiger partial charge in [0.2, 0.25) is 0 Å². The number of aromatic nitrogens is 2. The van der Waals surface area contributed by atoms with Crippen LogP contribution in [0.5, 0.6) is 0 Å². The van der Waals surface area contributed by atoms with E-state index in [1.807, 2.05) is 0 Å². The highest BCUT2D eigenvalue weighted by molar-refractivity contribution is 5.49. The molecule has 18 heavy (non-hydrogen) atoms. The van der Waals surface area contributed by atoms with Gasteiger partial charge in [0.25, 0.3) is 5.56 Å². The molecule has 1 aliphatic heterocycles. The van der Waals surface area contributed by atoms with Gasteiger partial charge in [-0.05, 0) is 7.05 Å². The van der Waals surface area contributed by atoms with Crippen molar-refractivity contribution in [2.24, 2.45) is 0 Å². The number of aryl methyl sites for hydroxylation is 1. The average molecular weight is 250 g/mol. The fourth-order valence-electron chi connectivity index (χ4n) is 2.00. The van der Waals surface area contributed by atoms with Gasteiger partial charge >= 0.3 is 0 Å². The van der Waals surface area contributed by atoms with Gasteiger partial charge in [-0.3, -0.25) is 4.79 Å². The molecule has 1 saturated heterocycles. The minimum atomic E-state index is -0.145. The maximum absolute atomic E-state index is 11.8. The van der Waals surface area contributed by atoms with E-state index in [1.54, 1.807) is 12.3 Å². The predicted molar refractivity (Wildman–Crippen MR) is 68.9 cm³/mol. The Morgan fingerprint density at radius 3 is 2.67 bits per heavy atom. The third-order valence-corrected chi connectivity index (χ3v) is 3.18. The van der Waals surface area contributed by atoms with Crippen LogP contribution in [0.4, 0.5) is 5.69 Å². The molecule has 1 fully saturated rings. The fourth-order valence-corrected chi connectivity index (χ4v) is 2.00. The van der Waals surface area contributed by atoms with Gasteiger partial charge in [-0.1, -0.05) is 0 Å². The number of nitrogens with zero attached hydrogens (tertiary/aromatic N) is 4. The van der Waals surface area contributed by atoms with E-state index < -0.39 is 0 Å². The number of aldehydes is 1. The molecule has 1 aromatic rings. The Morgan fingerprint density at radius 2 is 2.06 bits per heavy atom. The van der Waals surface area contributed by atoms with Crippen LogP contribution in [0.25, 0.3) is 0 Å². The second kappa shape index (κ2) is 5.77. The zero-order valence-corrected chi connectivity index (χ0v) is 10.6. The molecular formula is C12H18N4O2. The van der Waals surface area contributed by atoms with E-state index in [1.165, 1.54) is 4.68 Å². The Bertz CT molecular complexity index is 463. The van der Waals surface area contributed by atoms with Crippen LogP contribution in [-0.2, 0) is 11.3 Å². The number of likely N-dealkylation sites (N-methyl/N-ethyl adjacent to an activating group) is 1. The summed E-state index contributed by atoms with van der Waals surface area (Å²) in [7, 11) is 2.09. The molecule has 0 aromatic carbocycles. The topological polar surface area (TPSA) is 58.4 Å². The van der Waals surface area contributed by atoms with Crippen LogP contribution >= 0.6 is 0 Å². The summed E-state index contributed by atoms with van der Waals surface area (Å²) in [6, 6.07) is 1.60. The molecule has 6 heteroatoms. The number of piperazine rings is 1. The summed E-state index contributed by atoms with van der Waals surface area (Å²) in [6.07, 6.45) is 2.82. The summed E-state index contributed by atoms with van der Waals surface area (Å²) in [5.74, 6) is 0. The van der Waals surface area contributed by atoms with Crippen LogP contribution in [0.15, 0.2) is 17.1 Å². The van der Waals surface area contributed by atoms with Crippen molar-refractivity contribution in [3.63, 3.8) is 0 Å². The first kappa shape index (κ1) is 12.8. The van der Waals surface area contributed by atoms with Crippen molar-refractivity contribution in [2.75, 3.05) is 38.1 Å². The van der Waals surface area contributed by atoms with Crippen LogP contribution in [0.1, 0.15) is 6.42 Å². The largest absolute Gasteiger partial charge is 0.368 e. The zero-order valence-electron chi connectivity index (χ0n) is 10.6.